The van der Waals surface area contributed by atoms with E-state index < -0.39 is 0 Å². The van der Waals surface area contributed by atoms with Gasteiger partial charge >= 0.3 is 0 Å². The molecule has 118 valence electrons. The summed E-state index contributed by atoms with van der Waals surface area (Å²) in [5.41, 5.74) is 4.80. The van der Waals surface area contributed by atoms with Crippen LogP contribution in [0.25, 0.3) is 0 Å². The van der Waals surface area contributed by atoms with E-state index in [4.69, 9.17) is 10.8 Å². The third kappa shape index (κ3) is 8.47. The standard InChI is InChI=1S/C18H30.CH2N2/c1-13(2)10-16-8-7-9-17(11-14(3)4)18(16)12-15(5)6;2-1-3/h7-9,13-15H,10-12H2,1-6H3;2-3H. The van der Waals surface area contributed by atoms with E-state index in [9.17, 15) is 0 Å². The quantitative estimate of drug-likeness (QED) is 0.640. The molecular weight excluding hydrogens is 256 g/mol. The molecule has 21 heavy (non-hydrogen) atoms. The Morgan fingerprint density at radius 3 is 1.38 bits per heavy atom. The highest BCUT2D eigenvalue weighted by Crippen LogP contribution is 2.23. The smallest absolute Gasteiger partial charge is 0.0831 e. The zero-order valence-electron chi connectivity index (χ0n) is 14.6. The SMILES string of the molecule is CC(C)Cc1cccc(CC(C)C)c1CC(C)C.N=C=N. The van der Waals surface area contributed by atoms with E-state index in [1.807, 2.05) is 0 Å². The van der Waals surface area contributed by atoms with Crippen molar-refractivity contribution in [2.45, 2.75) is 60.8 Å². The second-order valence-corrected chi connectivity index (χ2v) is 6.97. The van der Waals surface area contributed by atoms with E-state index in [-0.39, 0.29) is 0 Å². The summed E-state index contributed by atoms with van der Waals surface area (Å²) in [7, 11) is 0. The molecule has 0 saturated heterocycles. The maximum absolute atomic E-state index is 5.62. The topological polar surface area (TPSA) is 47.7 Å². The van der Waals surface area contributed by atoms with Crippen molar-refractivity contribution in [3.63, 3.8) is 0 Å². The first-order valence-corrected chi connectivity index (χ1v) is 7.99. The van der Waals surface area contributed by atoms with Gasteiger partial charge < -0.3 is 0 Å². The van der Waals surface area contributed by atoms with Crippen LogP contribution in [0.2, 0.25) is 0 Å². The Hall–Kier alpha value is -1.40. The van der Waals surface area contributed by atoms with Gasteiger partial charge in [0.1, 0.15) is 0 Å². The number of benzene rings is 1. The van der Waals surface area contributed by atoms with E-state index >= 15 is 0 Å². The van der Waals surface area contributed by atoms with E-state index in [0.29, 0.717) is 0 Å². The fourth-order valence-electron chi connectivity index (χ4n) is 2.62. The highest BCUT2D eigenvalue weighted by atomic mass is 14.4. The largest absolute Gasteiger partial charge is 0.242 e. The molecule has 0 spiro atoms. The van der Waals surface area contributed by atoms with Gasteiger partial charge in [-0.05, 0) is 53.7 Å². The number of hydrogen-bond donors (Lipinski definition) is 2. The summed E-state index contributed by atoms with van der Waals surface area (Å²) in [5, 5.41) is 11.2. The zero-order valence-corrected chi connectivity index (χ0v) is 14.6. The normalized spacial score (nSPS) is 10.5. The van der Waals surface area contributed by atoms with Crippen LogP contribution in [0.5, 0.6) is 0 Å². The van der Waals surface area contributed by atoms with Gasteiger partial charge in [0, 0.05) is 0 Å². The maximum atomic E-state index is 5.62. The molecule has 2 N–H and O–H groups in total. The van der Waals surface area contributed by atoms with Crippen LogP contribution in [-0.2, 0) is 19.3 Å². The van der Waals surface area contributed by atoms with Gasteiger partial charge in [-0.15, -0.1) is 0 Å². The molecule has 0 fully saturated rings. The third-order valence-corrected chi connectivity index (χ3v) is 3.24. The number of nitrogens with one attached hydrogen (secondary N) is 2. The van der Waals surface area contributed by atoms with Crippen LogP contribution in [0.15, 0.2) is 18.2 Å². The first-order valence-electron chi connectivity index (χ1n) is 7.99. The van der Waals surface area contributed by atoms with Crippen molar-refractivity contribution < 1.29 is 0 Å². The summed E-state index contributed by atoms with van der Waals surface area (Å²) in [6.07, 6.45) is 3.66. The third-order valence-electron chi connectivity index (χ3n) is 3.24. The summed E-state index contributed by atoms with van der Waals surface area (Å²) < 4.78 is 0. The van der Waals surface area contributed by atoms with Crippen LogP contribution in [0.4, 0.5) is 0 Å². The lowest BCUT2D eigenvalue weighted by Gasteiger charge is -2.19. The Bertz CT molecular complexity index is 411. The highest BCUT2D eigenvalue weighted by molar-refractivity contribution is 5.36. The molecule has 0 aliphatic rings. The van der Waals surface area contributed by atoms with Crippen LogP contribution >= 0.6 is 0 Å². The molecule has 0 aliphatic carbocycles. The van der Waals surface area contributed by atoms with Gasteiger partial charge in [0.2, 0.25) is 0 Å². The summed E-state index contributed by atoms with van der Waals surface area (Å²) >= 11 is 0. The van der Waals surface area contributed by atoms with Gasteiger partial charge in [-0.2, -0.15) is 0 Å². The number of hydrogen-bond acceptors (Lipinski definition) is 2. The zero-order chi connectivity index (χ0) is 16.4. The summed E-state index contributed by atoms with van der Waals surface area (Å²) in [6.45, 7) is 13.9. The van der Waals surface area contributed by atoms with Gasteiger partial charge in [-0.3, -0.25) is 0 Å². The molecule has 0 unspecified atom stereocenters. The first kappa shape index (κ1) is 19.6. The summed E-state index contributed by atoms with van der Waals surface area (Å²) in [5.74, 6) is 2.22. The van der Waals surface area contributed by atoms with Crippen LogP contribution < -0.4 is 0 Å². The Kier molecular flexibility index (Phi) is 9.65. The second-order valence-electron chi connectivity index (χ2n) is 6.97. The Morgan fingerprint density at radius 2 is 1.10 bits per heavy atom. The maximum Gasteiger partial charge on any atom is 0.0831 e. The summed E-state index contributed by atoms with van der Waals surface area (Å²) in [6, 6.07) is 8.17. The average molecular weight is 288 g/mol. The monoisotopic (exact) mass is 288 g/mol. The van der Waals surface area contributed by atoms with Crippen molar-refractivity contribution in [1.82, 2.24) is 0 Å². The molecular formula is C19H32N2. The molecule has 0 aliphatic heterocycles. The minimum absolute atomic E-state index is 0.740. The molecule has 0 amide bonds. The molecule has 0 atom stereocenters. The molecule has 2 heteroatoms. The van der Waals surface area contributed by atoms with E-state index in [2.05, 4.69) is 59.7 Å². The lowest BCUT2D eigenvalue weighted by Crippen LogP contribution is -2.08. The Balaban J connectivity index is 0.00000122. The minimum Gasteiger partial charge on any atom is -0.242 e. The Labute approximate surface area is 131 Å². The van der Waals surface area contributed by atoms with E-state index in [1.54, 1.807) is 16.7 Å². The van der Waals surface area contributed by atoms with Crippen molar-refractivity contribution in [2.24, 2.45) is 17.8 Å². The van der Waals surface area contributed by atoms with Gasteiger partial charge in [0.05, 0.1) is 6.01 Å². The van der Waals surface area contributed by atoms with E-state index in [1.165, 1.54) is 25.3 Å². The van der Waals surface area contributed by atoms with Gasteiger partial charge in [-0.25, -0.2) is 10.8 Å². The molecule has 1 aromatic rings. The van der Waals surface area contributed by atoms with Crippen LogP contribution in [0.1, 0.15) is 58.2 Å². The molecule has 0 radical (unpaired) electrons. The van der Waals surface area contributed by atoms with Crippen molar-refractivity contribution in [1.29, 1.82) is 10.8 Å². The number of rotatable bonds is 6. The van der Waals surface area contributed by atoms with Gasteiger partial charge in [0.25, 0.3) is 0 Å². The molecule has 0 aromatic heterocycles. The van der Waals surface area contributed by atoms with E-state index in [0.717, 1.165) is 17.8 Å². The molecule has 0 saturated carbocycles. The predicted molar refractivity (Wildman–Crippen MR) is 92.5 cm³/mol. The lowest BCUT2D eigenvalue weighted by atomic mass is 9.86. The van der Waals surface area contributed by atoms with Crippen LogP contribution in [0.3, 0.4) is 0 Å². The molecule has 1 aromatic carbocycles. The molecule has 0 bridgehead atoms. The highest BCUT2D eigenvalue weighted by Gasteiger charge is 2.12. The van der Waals surface area contributed by atoms with Crippen molar-refractivity contribution >= 4 is 6.01 Å². The van der Waals surface area contributed by atoms with Crippen LogP contribution in [0, 0.1) is 28.6 Å². The summed E-state index contributed by atoms with van der Waals surface area (Å²) in [4.78, 5) is 0. The second kappa shape index (κ2) is 10.3. The van der Waals surface area contributed by atoms with Crippen molar-refractivity contribution in [3.05, 3.63) is 34.9 Å². The van der Waals surface area contributed by atoms with Crippen molar-refractivity contribution in [3.8, 4) is 0 Å². The molecule has 1 rings (SSSR count). The van der Waals surface area contributed by atoms with Gasteiger partial charge in [0.15, 0.2) is 0 Å². The van der Waals surface area contributed by atoms with Gasteiger partial charge in [-0.1, -0.05) is 59.7 Å². The fourth-order valence-corrected chi connectivity index (χ4v) is 2.62. The average Bonchev–Trinajstić information content (AvgIpc) is 2.32. The Morgan fingerprint density at radius 1 is 0.762 bits per heavy atom. The minimum atomic E-state index is 0.740. The molecule has 0 heterocycles. The lowest BCUT2D eigenvalue weighted by molar-refractivity contribution is 0.597. The predicted octanol–water partition coefficient (Wildman–Crippen LogP) is 5.60. The molecule has 2 nitrogen and oxygen atoms in total. The van der Waals surface area contributed by atoms with Crippen LogP contribution in [-0.4, -0.2) is 6.01 Å². The first-order chi connectivity index (χ1) is 9.81. The fraction of sp³-hybridized carbons (Fsp3) is 0.632. The van der Waals surface area contributed by atoms with Crippen molar-refractivity contribution in [2.75, 3.05) is 0 Å².